The number of aromatic nitrogens is 1. The van der Waals surface area contributed by atoms with E-state index in [-0.39, 0.29) is 5.91 Å². The number of hydrogen-bond acceptors (Lipinski definition) is 2. The molecule has 1 rings (SSSR count). The quantitative estimate of drug-likeness (QED) is 0.793. The van der Waals surface area contributed by atoms with Crippen LogP contribution in [0.3, 0.4) is 0 Å². The van der Waals surface area contributed by atoms with Crippen LogP contribution in [0, 0.1) is 0 Å². The Morgan fingerprint density at radius 2 is 2.27 bits per heavy atom. The fraction of sp³-hybridized carbons (Fsp3) is 0.400. The Balaban J connectivity index is 2.67. The lowest BCUT2D eigenvalue weighted by molar-refractivity contribution is 0.0795. The normalized spacial score (nSPS) is 10.1. The minimum Gasteiger partial charge on any atom is -0.342 e. The minimum atomic E-state index is 0.00440. The van der Waals surface area contributed by atoms with Gasteiger partial charge in [-0.15, -0.1) is 0 Å². The molecule has 5 heteroatoms. The number of carbonyl (C=O) groups excluding carboxylic acids is 1. The number of pyridine rings is 1. The smallest absolute Gasteiger partial charge is 0.255 e. The molecule has 3 nitrogen and oxygen atoms in total. The summed E-state index contributed by atoms with van der Waals surface area (Å²) in [6, 6.07) is 1.78. The molecule has 0 spiro atoms. The molecular weight excluding hydrogens is 324 g/mol. The molecule has 0 aromatic carbocycles. The van der Waals surface area contributed by atoms with Gasteiger partial charge in [0.25, 0.3) is 5.91 Å². The molecule has 0 saturated heterocycles. The van der Waals surface area contributed by atoms with E-state index in [0.717, 1.165) is 22.8 Å². The summed E-state index contributed by atoms with van der Waals surface area (Å²) in [5.41, 5.74) is 0.612. The van der Waals surface area contributed by atoms with E-state index in [0.29, 0.717) is 5.56 Å². The topological polar surface area (TPSA) is 33.2 Å². The zero-order chi connectivity index (χ0) is 11.3. The number of amides is 1. The molecule has 1 amide bonds. The van der Waals surface area contributed by atoms with E-state index in [1.165, 1.54) is 0 Å². The number of halogens is 2. The van der Waals surface area contributed by atoms with Gasteiger partial charge in [-0.05, 0) is 28.4 Å². The lowest BCUT2D eigenvalue weighted by Crippen LogP contribution is -2.28. The zero-order valence-corrected chi connectivity index (χ0v) is 11.6. The van der Waals surface area contributed by atoms with Crippen LogP contribution in [0.15, 0.2) is 22.9 Å². The third-order valence-electron chi connectivity index (χ3n) is 1.93. The molecule has 0 unspecified atom stereocenters. The SMILES string of the molecule is CN(CCCBr)C(=O)c1cncc(Br)c1. The van der Waals surface area contributed by atoms with Crippen molar-refractivity contribution in [3.8, 4) is 0 Å². The van der Waals surface area contributed by atoms with Crippen LogP contribution in [0.4, 0.5) is 0 Å². The summed E-state index contributed by atoms with van der Waals surface area (Å²) >= 11 is 6.63. The Bertz CT molecular complexity index is 344. The standard InChI is InChI=1S/C10H12Br2N2O/c1-14(4-2-3-11)10(15)8-5-9(12)7-13-6-8/h5-7H,2-4H2,1H3. The first-order valence-electron chi connectivity index (χ1n) is 4.57. The van der Waals surface area contributed by atoms with Crippen molar-refractivity contribution in [2.45, 2.75) is 6.42 Å². The van der Waals surface area contributed by atoms with Gasteiger partial charge in [-0.25, -0.2) is 0 Å². The molecule has 0 aliphatic carbocycles. The molecule has 15 heavy (non-hydrogen) atoms. The van der Waals surface area contributed by atoms with Crippen LogP contribution in [0.2, 0.25) is 0 Å². The van der Waals surface area contributed by atoms with Crippen molar-refractivity contribution in [1.29, 1.82) is 0 Å². The molecule has 0 N–H and O–H groups in total. The molecule has 0 radical (unpaired) electrons. The maximum absolute atomic E-state index is 11.9. The first kappa shape index (κ1) is 12.6. The number of carbonyl (C=O) groups is 1. The molecule has 0 bridgehead atoms. The van der Waals surface area contributed by atoms with E-state index in [9.17, 15) is 4.79 Å². The van der Waals surface area contributed by atoms with E-state index >= 15 is 0 Å². The van der Waals surface area contributed by atoms with E-state index in [2.05, 4.69) is 36.8 Å². The van der Waals surface area contributed by atoms with Crippen molar-refractivity contribution >= 4 is 37.8 Å². The van der Waals surface area contributed by atoms with Gasteiger partial charge in [0.05, 0.1) is 5.56 Å². The number of nitrogens with zero attached hydrogens (tertiary/aromatic N) is 2. The highest BCUT2D eigenvalue weighted by molar-refractivity contribution is 9.10. The summed E-state index contributed by atoms with van der Waals surface area (Å²) in [7, 11) is 1.80. The zero-order valence-electron chi connectivity index (χ0n) is 8.41. The van der Waals surface area contributed by atoms with Crippen molar-refractivity contribution in [2.75, 3.05) is 18.9 Å². The van der Waals surface area contributed by atoms with Crippen molar-refractivity contribution in [1.82, 2.24) is 9.88 Å². The Kier molecular flexibility index (Phi) is 5.25. The summed E-state index contributed by atoms with van der Waals surface area (Å²) < 4.78 is 0.822. The molecule has 0 aliphatic rings. The van der Waals surface area contributed by atoms with Gasteiger partial charge in [0.1, 0.15) is 0 Å². The van der Waals surface area contributed by atoms with E-state index in [4.69, 9.17) is 0 Å². The van der Waals surface area contributed by atoms with Crippen molar-refractivity contribution in [3.63, 3.8) is 0 Å². The summed E-state index contributed by atoms with van der Waals surface area (Å²) in [4.78, 5) is 17.5. The summed E-state index contributed by atoms with van der Waals surface area (Å²) in [5.74, 6) is 0.00440. The molecule has 0 aliphatic heterocycles. The lowest BCUT2D eigenvalue weighted by atomic mass is 10.2. The van der Waals surface area contributed by atoms with E-state index < -0.39 is 0 Å². The second kappa shape index (κ2) is 6.23. The van der Waals surface area contributed by atoms with Crippen molar-refractivity contribution < 1.29 is 4.79 Å². The van der Waals surface area contributed by atoms with Crippen LogP contribution in [-0.2, 0) is 0 Å². The average molecular weight is 336 g/mol. The molecule has 0 saturated carbocycles. The highest BCUT2D eigenvalue weighted by Gasteiger charge is 2.11. The predicted octanol–water partition coefficient (Wildman–Crippen LogP) is 2.70. The minimum absolute atomic E-state index is 0.00440. The van der Waals surface area contributed by atoms with Gasteiger partial charge in [0, 0.05) is 35.8 Å². The first-order chi connectivity index (χ1) is 7.15. The van der Waals surface area contributed by atoms with Gasteiger partial charge in [-0.1, -0.05) is 15.9 Å². The van der Waals surface area contributed by atoms with Crippen LogP contribution in [0.25, 0.3) is 0 Å². The fourth-order valence-corrected chi connectivity index (χ4v) is 1.76. The maximum atomic E-state index is 11.9. The molecule has 1 aromatic rings. The largest absolute Gasteiger partial charge is 0.342 e. The molecular formula is C10H12Br2N2O. The Morgan fingerprint density at radius 1 is 1.53 bits per heavy atom. The van der Waals surface area contributed by atoms with E-state index in [1.807, 2.05) is 0 Å². The van der Waals surface area contributed by atoms with Crippen molar-refractivity contribution in [2.24, 2.45) is 0 Å². The van der Waals surface area contributed by atoms with Crippen LogP contribution in [-0.4, -0.2) is 34.7 Å². The van der Waals surface area contributed by atoms with Gasteiger partial charge in [0.15, 0.2) is 0 Å². The molecule has 1 aromatic heterocycles. The molecule has 0 atom stereocenters. The first-order valence-corrected chi connectivity index (χ1v) is 6.48. The highest BCUT2D eigenvalue weighted by atomic mass is 79.9. The average Bonchev–Trinajstić information content (AvgIpc) is 2.24. The summed E-state index contributed by atoms with van der Waals surface area (Å²) in [6.07, 6.45) is 4.19. The maximum Gasteiger partial charge on any atom is 0.255 e. The molecule has 82 valence electrons. The van der Waals surface area contributed by atoms with Crippen LogP contribution < -0.4 is 0 Å². The summed E-state index contributed by atoms with van der Waals surface area (Å²) in [5, 5.41) is 0.904. The number of rotatable bonds is 4. The van der Waals surface area contributed by atoms with Crippen LogP contribution in [0.1, 0.15) is 16.8 Å². The van der Waals surface area contributed by atoms with Gasteiger partial charge >= 0.3 is 0 Å². The third-order valence-corrected chi connectivity index (χ3v) is 2.92. The van der Waals surface area contributed by atoms with Crippen LogP contribution >= 0.6 is 31.9 Å². The Hall–Kier alpha value is -0.420. The van der Waals surface area contributed by atoms with Crippen LogP contribution in [0.5, 0.6) is 0 Å². The molecule has 0 fully saturated rings. The van der Waals surface area contributed by atoms with E-state index in [1.54, 1.807) is 30.4 Å². The lowest BCUT2D eigenvalue weighted by Gasteiger charge is -2.16. The van der Waals surface area contributed by atoms with Gasteiger partial charge in [-0.3, -0.25) is 9.78 Å². The second-order valence-corrected chi connectivity index (χ2v) is 4.87. The van der Waals surface area contributed by atoms with Gasteiger partial charge in [-0.2, -0.15) is 0 Å². The Labute approximate surface area is 106 Å². The monoisotopic (exact) mass is 334 g/mol. The highest BCUT2D eigenvalue weighted by Crippen LogP contribution is 2.11. The predicted molar refractivity (Wildman–Crippen MR) is 67.3 cm³/mol. The third kappa shape index (κ3) is 3.91. The van der Waals surface area contributed by atoms with Crippen molar-refractivity contribution in [3.05, 3.63) is 28.5 Å². The molecule has 1 heterocycles. The summed E-state index contributed by atoms with van der Waals surface area (Å²) in [6.45, 7) is 0.747. The second-order valence-electron chi connectivity index (χ2n) is 3.16. The number of hydrogen-bond donors (Lipinski definition) is 0. The van der Waals surface area contributed by atoms with Gasteiger partial charge in [0.2, 0.25) is 0 Å². The Morgan fingerprint density at radius 3 is 2.87 bits per heavy atom. The fourth-order valence-electron chi connectivity index (χ4n) is 1.15. The van der Waals surface area contributed by atoms with Gasteiger partial charge < -0.3 is 4.90 Å². The number of alkyl halides is 1.